The van der Waals surface area contributed by atoms with E-state index in [0.29, 0.717) is 0 Å². The molecule has 2 aromatic heterocycles. The Morgan fingerprint density at radius 1 is 0.955 bits per heavy atom. The number of aromatic nitrogens is 2. The minimum Gasteiger partial charge on any atom is -0.272 e. The van der Waals surface area contributed by atoms with Gasteiger partial charge in [-0.2, -0.15) is 5.10 Å². The maximum atomic E-state index is 4.35. The van der Waals surface area contributed by atoms with Crippen LogP contribution in [-0.4, -0.2) is 9.78 Å². The molecule has 108 valence electrons. The summed E-state index contributed by atoms with van der Waals surface area (Å²) >= 11 is 1.78. The highest BCUT2D eigenvalue weighted by molar-refractivity contribution is 7.17. The molecule has 0 saturated heterocycles. The summed E-state index contributed by atoms with van der Waals surface area (Å²) in [5, 5.41) is 7.80. The molecule has 0 fully saturated rings. The van der Waals surface area contributed by atoms with Crippen molar-refractivity contribution in [3.05, 3.63) is 65.8 Å². The number of hydrogen-bond donors (Lipinski definition) is 0. The van der Waals surface area contributed by atoms with Gasteiger partial charge < -0.3 is 0 Å². The van der Waals surface area contributed by atoms with Crippen molar-refractivity contribution >= 4 is 21.4 Å². The van der Waals surface area contributed by atoms with Gasteiger partial charge in [0.05, 0.1) is 6.20 Å². The Balaban J connectivity index is 1.82. The Labute approximate surface area is 133 Å². The van der Waals surface area contributed by atoms with E-state index in [1.165, 1.54) is 38.0 Å². The molecule has 3 heteroatoms. The van der Waals surface area contributed by atoms with Crippen LogP contribution in [0.1, 0.15) is 5.69 Å². The molecule has 0 aliphatic heterocycles. The number of rotatable bonds is 2. The molecule has 0 atom stereocenters. The third kappa shape index (κ3) is 2.14. The van der Waals surface area contributed by atoms with Gasteiger partial charge in [0.1, 0.15) is 0 Å². The lowest BCUT2D eigenvalue weighted by Crippen LogP contribution is -1.92. The average Bonchev–Trinajstić information content (AvgIpc) is 3.14. The van der Waals surface area contributed by atoms with E-state index >= 15 is 0 Å². The molecule has 0 unspecified atom stereocenters. The second kappa shape index (κ2) is 5.11. The Morgan fingerprint density at radius 3 is 2.59 bits per heavy atom. The number of thiophene rings is 1. The van der Waals surface area contributed by atoms with E-state index in [2.05, 4.69) is 65.9 Å². The van der Waals surface area contributed by atoms with E-state index in [0.717, 1.165) is 0 Å². The largest absolute Gasteiger partial charge is 0.272 e. The maximum Gasteiger partial charge on any atom is 0.0571 e. The van der Waals surface area contributed by atoms with Crippen LogP contribution in [0, 0.1) is 6.92 Å². The van der Waals surface area contributed by atoms with E-state index in [1.807, 2.05) is 17.9 Å². The molecule has 2 nitrogen and oxygen atoms in total. The van der Waals surface area contributed by atoms with Gasteiger partial charge in [0.2, 0.25) is 0 Å². The number of fused-ring (bicyclic) bond motifs is 1. The van der Waals surface area contributed by atoms with Crippen LogP contribution in [0.2, 0.25) is 0 Å². The lowest BCUT2D eigenvalue weighted by molar-refractivity contribution is 0.740. The van der Waals surface area contributed by atoms with Crippen LogP contribution in [0.15, 0.2) is 60.1 Å². The monoisotopic (exact) mass is 304 g/mol. The van der Waals surface area contributed by atoms with Crippen molar-refractivity contribution in [2.75, 3.05) is 0 Å². The molecule has 0 spiro atoms. The van der Waals surface area contributed by atoms with Gasteiger partial charge in [0, 0.05) is 23.0 Å². The second-order valence-electron chi connectivity index (χ2n) is 5.52. The Bertz CT molecular complexity index is 962. The molecule has 22 heavy (non-hydrogen) atoms. The Hall–Kier alpha value is -2.39. The van der Waals surface area contributed by atoms with Crippen LogP contribution in [0.3, 0.4) is 0 Å². The van der Waals surface area contributed by atoms with E-state index in [-0.39, 0.29) is 0 Å². The lowest BCUT2D eigenvalue weighted by Gasteiger charge is -2.06. The third-order valence-electron chi connectivity index (χ3n) is 4.19. The molecule has 0 bridgehead atoms. The zero-order chi connectivity index (χ0) is 15.1. The number of aryl methyl sites for hydroxylation is 1. The van der Waals surface area contributed by atoms with Crippen molar-refractivity contribution in [3.8, 4) is 22.3 Å². The summed E-state index contributed by atoms with van der Waals surface area (Å²) in [6, 6.07) is 17.5. The van der Waals surface area contributed by atoms with Crippen LogP contribution in [0.4, 0.5) is 0 Å². The summed E-state index contributed by atoms with van der Waals surface area (Å²) in [5.74, 6) is 0. The van der Waals surface area contributed by atoms with Crippen molar-refractivity contribution in [2.24, 2.45) is 7.05 Å². The molecule has 0 aliphatic rings. The number of benzene rings is 2. The number of nitrogens with zero attached hydrogens (tertiary/aromatic N) is 2. The lowest BCUT2D eigenvalue weighted by atomic mass is 9.99. The molecule has 0 saturated carbocycles. The Morgan fingerprint density at radius 2 is 1.77 bits per heavy atom. The predicted octanol–water partition coefficient (Wildman–Crippen LogP) is 5.28. The van der Waals surface area contributed by atoms with Crippen LogP contribution in [0.5, 0.6) is 0 Å². The van der Waals surface area contributed by atoms with Crippen LogP contribution >= 0.6 is 11.3 Å². The zero-order valence-corrected chi connectivity index (χ0v) is 13.4. The van der Waals surface area contributed by atoms with Gasteiger partial charge in [-0.1, -0.05) is 24.3 Å². The average molecular weight is 304 g/mol. The molecule has 2 aromatic carbocycles. The minimum absolute atomic E-state index is 1.19. The van der Waals surface area contributed by atoms with Crippen LogP contribution in [-0.2, 0) is 7.05 Å². The summed E-state index contributed by atoms with van der Waals surface area (Å²) in [5.41, 5.74) is 6.10. The zero-order valence-electron chi connectivity index (χ0n) is 12.6. The van der Waals surface area contributed by atoms with Crippen molar-refractivity contribution in [1.82, 2.24) is 9.78 Å². The van der Waals surface area contributed by atoms with Crippen molar-refractivity contribution in [2.45, 2.75) is 6.92 Å². The molecule has 0 amide bonds. The molecular weight excluding hydrogens is 288 g/mol. The topological polar surface area (TPSA) is 17.8 Å². The van der Waals surface area contributed by atoms with Gasteiger partial charge in [0.15, 0.2) is 0 Å². The normalized spacial score (nSPS) is 11.2. The molecule has 0 aliphatic carbocycles. The van der Waals surface area contributed by atoms with E-state index < -0.39 is 0 Å². The standard InChI is InChI=1S/C19H16N2S/c1-13-18(12-20-21(13)2)16-5-3-4-14(10-16)15-6-7-19-17(11-15)8-9-22-19/h3-12H,1-2H3. The predicted molar refractivity (Wildman–Crippen MR) is 94.2 cm³/mol. The fourth-order valence-electron chi connectivity index (χ4n) is 2.79. The minimum atomic E-state index is 1.19. The molecule has 2 heterocycles. The van der Waals surface area contributed by atoms with Gasteiger partial charge >= 0.3 is 0 Å². The summed E-state index contributed by atoms with van der Waals surface area (Å²) in [7, 11) is 1.98. The molecule has 4 rings (SSSR count). The van der Waals surface area contributed by atoms with Crippen molar-refractivity contribution in [1.29, 1.82) is 0 Å². The molecule has 0 radical (unpaired) electrons. The maximum absolute atomic E-state index is 4.35. The van der Waals surface area contributed by atoms with Gasteiger partial charge in [0.25, 0.3) is 0 Å². The Kier molecular flexibility index (Phi) is 3.09. The first-order chi connectivity index (χ1) is 10.7. The first-order valence-electron chi connectivity index (χ1n) is 7.29. The summed E-state index contributed by atoms with van der Waals surface area (Å²) in [4.78, 5) is 0. The first kappa shape index (κ1) is 13.3. The summed E-state index contributed by atoms with van der Waals surface area (Å²) in [6.07, 6.45) is 1.94. The second-order valence-corrected chi connectivity index (χ2v) is 6.47. The van der Waals surface area contributed by atoms with Gasteiger partial charge in [-0.25, -0.2) is 0 Å². The van der Waals surface area contributed by atoms with E-state index in [9.17, 15) is 0 Å². The van der Waals surface area contributed by atoms with Crippen LogP contribution < -0.4 is 0 Å². The highest BCUT2D eigenvalue weighted by Gasteiger charge is 2.08. The van der Waals surface area contributed by atoms with Crippen molar-refractivity contribution < 1.29 is 0 Å². The third-order valence-corrected chi connectivity index (χ3v) is 5.09. The SMILES string of the molecule is Cc1c(-c2cccc(-c3ccc4sccc4c3)c2)cnn1C. The first-order valence-corrected chi connectivity index (χ1v) is 8.17. The number of hydrogen-bond acceptors (Lipinski definition) is 2. The molecule has 4 aromatic rings. The van der Waals surface area contributed by atoms with E-state index in [1.54, 1.807) is 11.3 Å². The van der Waals surface area contributed by atoms with E-state index in [4.69, 9.17) is 0 Å². The van der Waals surface area contributed by atoms with Crippen LogP contribution in [0.25, 0.3) is 32.3 Å². The smallest absolute Gasteiger partial charge is 0.0571 e. The van der Waals surface area contributed by atoms with Crippen molar-refractivity contribution in [3.63, 3.8) is 0 Å². The fraction of sp³-hybridized carbons (Fsp3) is 0.105. The quantitative estimate of drug-likeness (QED) is 0.493. The highest BCUT2D eigenvalue weighted by Crippen LogP contribution is 2.31. The molecule has 0 N–H and O–H groups in total. The van der Waals surface area contributed by atoms with Gasteiger partial charge in [-0.15, -0.1) is 11.3 Å². The summed E-state index contributed by atoms with van der Waals surface area (Å²) < 4.78 is 3.25. The fourth-order valence-corrected chi connectivity index (χ4v) is 3.57. The highest BCUT2D eigenvalue weighted by atomic mass is 32.1. The molecular formula is C19H16N2S. The van der Waals surface area contributed by atoms with Gasteiger partial charge in [-0.3, -0.25) is 4.68 Å². The summed E-state index contributed by atoms with van der Waals surface area (Å²) in [6.45, 7) is 2.10. The van der Waals surface area contributed by atoms with Gasteiger partial charge in [-0.05, 0) is 58.6 Å².